The van der Waals surface area contributed by atoms with Crippen LogP contribution in [0.15, 0.2) is 18.2 Å². The predicted octanol–water partition coefficient (Wildman–Crippen LogP) is 2.54. The molecular weight excluding hydrogens is 292 g/mol. The second-order valence-corrected chi connectivity index (χ2v) is 5.01. The lowest BCUT2D eigenvalue weighted by molar-refractivity contribution is 0.416. The number of halogens is 1. The van der Waals surface area contributed by atoms with Crippen molar-refractivity contribution in [2.75, 3.05) is 12.4 Å². The molecule has 0 aliphatic carbocycles. The quantitative estimate of drug-likeness (QED) is 0.801. The van der Waals surface area contributed by atoms with Gasteiger partial charge in [-0.25, -0.2) is 4.98 Å². The van der Waals surface area contributed by atoms with Crippen LogP contribution in [0, 0.1) is 13.8 Å². The summed E-state index contributed by atoms with van der Waals surface area (Å²) in [4.78, 5) is 4.25. The van der Waals surface area contributed by atoms with Gasteiger partial charge in [0.05, 0.1) is 12.8 Å². The van der Waals surface area contributed by atoms with Crippen molar-refractivity contribution in [3.63, 3.8) is 0 Å². The van der Waals surface area contributed by atoms with Gasteiger partial charge in [0, 0.05) is 22.8 Å². The molecule has 0 aliphatic rings. The van der Waals surface area contributed by atoms with Crippen molar-refractivity contribution in [3.05, 3.63) is 34.5 Å². The number of rotatable bonds is 3. The van der Waals surface area contributed by atoms with Crippen molar-refractivity contribution in [1.29, 1.82) is 0 Å². The molecule has 0 spiro atoms. The highest BCUT2D eigenvalue weighted by Crippen LogP contribution is 2.33. The van der Waals surface area contributed by atoms with Crippen LogP contribution in [-0.2, 0) is 0 Å². The number of benzene rings is 1. The van der Waals surface area contributed by atoms with Crippen molar-refractivity contribution in [2.45, 2.75) is 13.8 Å². The van der Waals surface area contributed by atoms with Gasteiger partial charge in [-0.2, -0.15) is 4.52 Å². The number of ether oxygens (including phenoxy) is 1. The van der Waals surface area contributed by atoms with Gasteiger partial charge in [0.2, 0.25) is 0 Å². The molecule has 0 amide bonds. The number of hydrogen-bond acceptors (Lipinski definition) is 6. The number of nitrogens with zero attached hydrogens (tertiary/aromatic N) is 5. The molecule has 8 heteroatoms. The lowest BCUT2D eigenvalue weighted by Gasteiger charge is -2.13. The van der Waals surface area contributed by atoms with E-state index >= 15 is 0 Å². The average molecular weight is 305 g/mol. The van der Waals surface area contributed by atoms with E-state index in [0.717, 1.165) is 16.9 Å². The van der Waals surface area contributed by atoms with E-state index in [1.165, 1.54) is 4.52 Å². The molecule has 108 valence electrons. The molecular formula is C13H13ClN6O. The van der Waals surface area contributed by atoms with Gasteiger partial charge in [0.15, 0.2) is 0 Å². The fraction of sp³-hybridized carbons (Fsp3) is 0.231. The first-order valence-electron chi connectivity index (χ1n) is 6.25. The van der Waals surface area contributed by atoms with Gasteiger partial charge in [-0.05, 0) is 35.9 Å². The molecule has 1 N–H and O–H groups in total. The number of hydrogen-bond donors (Lipinski definition) is 1. The van der Waals surface area contributed by atoms with E-state index < -0.39 is 0 Å². The van der Waals surface area contributed by atoms with Crippen LogP contribution in [-0.4, -0.2) is 32.1 Å². The molecule has 0 radical (unpaired) electrons. The van der Waals surface area contributed by atoms with Crippen molar-refractivity contribution in [1.82, 2.24) is 25.0 Å². The zero-order valence-corrected chi connectivity index (χ0v) is 12.5. The highest BCUT2D eigenvalue weighted by molar-refractivity contribution is 6.31. The Bertz CT molecular complexity index is 816. The van der Waals surface area contributed by atoms with Crippen molar-refractivity contribution < 1.29 is 4.74 Å². The van der Waals surface area contributed by atoms with Gasteiger partial charge in [-0.3, -0.25) is 0 Å². The lowest BCUT2D eigenvalue weighted by Crippen LogP contribution is -2.04. The second-order valence-electron chi connectivity index (χ2n) is 4.60. The fourth-order valence-corrected chi connectivity index (χ4v) is 2.17. The number of methoxy groups -OCH3 is 1. The third-order valence-corrected chi connectivity index (χ3v) is 3.45. The number of nitrogens with one attached hydrogen (secondary N) is 1. The van der Waals surface area contributed by atoms with Crippen molar-refractivity contribution >= 4 is 28.9 Å². The third-order valence-electron chi connectivity index (χ3n) is 3.05. The second kappa shape index (κ2) is 5.17. The summed E-state index contributed by atoms with van der Waals surface area (Å²) in [5.41, 5.74) is 2.53. The van der Waals surface area contributed by atoms with Crippen LogP contribution >= 0.6 is 11.6 Å². The van der Waals surface area contributed by atoms with Crippen LogP contribution in [0.2, 0.25) is 5.02 Å². The zero-order valence-electron chi connectivity index (χ0n) is 11.8. The Hall–Kier alpha value is -2.41. The Balaban J connectivity index is 2.10. The Kier molecular flexibility index (Phi) is 3.34. The maximum Gasteiger partial charge on any atom is 0.275 e. The first-order valence-corrected chi connectivity index (χ1v) is 6.63. The number of aryl methyl sites for hydroxylation is 2. The van der Waals surface area contributed by atoms with Crippen LogP contribution in [0.1, 0.15) is 11.3 Å². The van der Waals surface area contributed by atoms with Crippen LogP contribution < -0.4 is 10.1 Å². The molecule has 2 heterocycles. The Morgan fingerprint density at radius 2 is 2.05 bits per heavy atom. The maximum absolute atomic E-state index is 6.12. The summed E-state index contributed by atoms with van der Waals surface area (Å²) < 4.78 is 6.88. The molecule has 0 saturated heterocycles. The molecule has 3 rings (SSSR count). The van der Waals surface area contributed by atoms with E-state index in [9.17, 15) is 0 Å². The monoisotopic (exact) mass is 304 g/mol. The summed E-state index contributed by atoms with van der Waals surface area (Å²) in [5, 5.41) is 15.3. The molecule has 1 aromatic carbocycles. The van der Waals surface area contributed by atoms with E-state index in [1.807, 2.05) is 26.0 Å². The zero-order chi connectivity index (χ0) is 15.0. The smallest absolute Gasteiger partial charge is 0.275 e. The van der Waals surface area contributed by atoms with E-state index in [1.54, 1.807) is 13.2 Å². The molecule has 0 unspecified atom stereocenters. The number of aromatic nitrogens is 5. The van der Waals surface area contributed by atoms with Crippen LogP contribution in [0.3, 0.4) is 0 Å². The summed E-state index contributed by atoms with van der Waals surface area (Å²) in [6.45, 7) is 3.81. The minimum atomic E-state index is 0.433. The first kappa shape index (κ1) is 13.6. The summed E-state index contributed by atoms with van der Waals surface area (Å²) >= 11 is 6.12. The van der Waals surface area contributed by atoms with E-state index in [-0.39, 0.29) is 0 Å². The fourth-order valence-electron chi connectivity index (χ4n) is 2.01. The Morgan fingerprint density at radius 3 is 2.81 bits per heavy atom. The van der Waals surface area contributed by atoms with Crippen LogP contribution in [0.25, 0.3) is 5.78 Å². The molecule has 7 nitrogen and oxygen atoms in total. The van der Waals surface area contributed by atoms with Gasteiger partial charge >= 0.3 is 0 Å². The molecule has 0 atom stereocenters. The van der Waals surface area contributed by atoms with Gasteiger partial charge < -0.3 is 10.1 Å². The minimum Gasteiger partial charge on any atom is -0.495 e. The molecule has 0 fully saturated rings. The van der Waals surface area contributed by atoms with Crippen LogP contribution in [0.5, 0.6) is 5.75 Å². The molecule has 0 saturated carbocycles. The molecule has 0 aliphatic heterocycles. The normalized spacial score (nSPS) is 10.9. The predicted molar refractivity (Wildman–Crippen MR) is 79.3 cm³/mol. The van der Waals surface area contributed by atoms with Crippen molar-refractivity contribution in [3.8, 4) is 5.75 Å². The van der Waals surface area contributed by atoms with Crippen molar-refractivity contribution in [2.24, 2.45) is 0 Å². The van der Waals surface area contributed by atoms with Gasteiger partial charge in [-0.1, -0.05) is 16.7 Å². The Labute approximate surface area is 125 Å². The standard InChI is InChI=1S/C13H13ClN6O/c1-7-4-10(11(21-3)6-9(7)14)16-12-5-8(2)15-13-17-18-19-20(12)13/h4-6,16H,1-3H3. The first-order chi connectivity index (χ1) is 10.1. The highest BCUT2D eigenvalue weighted by atomic mass is 35.5. The SMILES string of the molecule is COc1cc(Cl)c(C)cc1Nc1cc(C)nc2nnnn12. The third kappa shape index (κ3) is 2.47. The molecule has 3 aromatic rings. The number of tetrazole rings is 1. The summed E-state index contributed by atoms with van der Waals surface area (Å²) in [5.74, 6) is 1.77. The average Bonchev–Trinajstić information content (AvgIpc) is 2.90. The van der Waals surface area contributed by atoms with Gasteiger partial charge in [-0.15, -0.1) is 0 Å². The van der Waals surface area contributed by atoms with E-state index in [2.05, 4.69) is 25.8 Å². The summed E-state index contributed by atoms with van der Waals surface area (Å²) in [6.07, 6.45) is 0. The summed E-state index contributed by atoms with van der Waals surface area (Å²) in [7, 11) is 1.59. The number of anilines is 2. The maximum atomic E-state index is 6.12. The molecule has 21 heavy (non-hydrogen) atoms. The van der Waals surface area contributed by atoms with Gasteiger partial charge in [0.1, 0.15) is 11.6 Å². The molecule has 2 aromatic heterocycles. The van der Waals surface area contributed by atoms with Gasteiger partial charge in [0.25, 0.3) is 5.78 Å². The van der Waals surface area contributed by atoms with E-state index in [0.29, 0.717) is 22.4 Å². The topological polar surface area (TPSA) is 77.2 Å². The largest absolute Gasteiger partial charge is 0.495 e. The summed E-state index contributed by atoms with van der Waals surface area (Å²) in [6, 6.07) is 5.53. The lowest BCUT2D eigenvalue weighted by atomic mass is 10.2. The molecule has 0 bridgehead atoms. The minimum absolute atomic E-state index is 0.433. The Morgan fingerprint density at radius 1 is 1.24 bits per heavy atom. The number of fused-ring (bicyclic) bond motifs is 1. The van der Waals surface area contributed by atoms with Crippen LogP contribution in [0.4, 0.5) is 11.5 Å². The highest BCUT2D eigenvalue weighted by Gasteiger charge is 2.11. The van der Waals surface area contributed by atoms with E-state index in [4.69, 9.17) is 16.3 Å².